The molecule has 0 heterocycles. The predicted molar refractivity (Wildman–Crippen MR) is 59.4 cm³/mol. The normalized spacial score (nSPS) is 28.2. The number of methoxy groups -OCH3 is 1. The minimum absolute atomic E-state index is 0.464. The minimum Gasteiger partial charge on any atom is -0.380 e. The van der Waals surface area contributed by atoms with Crippen molar-refractivity contribution in [1.82, 2.24) is 5.32 Å². The van der Waals surface area contributed by atoms with Crippen LogP contribution in [0.2, 0.25) is 0 Å². The van der Waals surface area contributed by atoms with E-state index in [4.69, 9.17) is 4.74 Å². The highest BCUT2D eigenvalue weighted by atomic mass is 32.2. The first-order valence-corrected chi connectivity index (χ1v) is 6.38. The van der Waals surface area contributed by atoms with Gasteiger partial charge in [0.15, 0.2) is 0 Å². The van der Waals surface area contributed by atoms with Crippen LogP contribution in [0.1, 0.15) is 26.2 Å². The van der Waals surface area contributed by atoms with Crippen molar-refractivity contribution in [2.75, 3.05) is 25.2 Å². The molecule has 0 amide bonds. The zero-order valence-corrected chi connectivity index (χ0v) is 9.53. The van der Waals surface area contributed by atoms with Gasteiger partial charge in [-0.2, -0.15) is 11.8 Å². The van der Waals surface area contributed by atoms with Gasteiger partial charge >= 0.3 is 0 Å². The van der Waals surface area contributed by atoms with E-state index in [1.165, 1.54) is 30.8 Å². The highest BCUT2D eigenvalue weighted by Crippen LogP contribution is 2.21. The summed E-state index contributed by atoms with van der Waals surface area (Å²) >= 11 is 2.00. The Bertz CT molecular complexity index is 132. The fraction of sp³-hybridized carbons (Fsp3) is 1.00. The molecule has 1 N–H and O–H groups in total. The first-order chi connectivity index (χ1) is 6.38. The summed E-state index contributed by atoms with van der Waals surface area (Å²) < 4.78 is 5.41. The average Bonchev–Trinajstić information content (AvgIpc) is 2.60. The van der Waals surface area contributed by atoms with E-state index in [0.717, 1.165) is 6.54 Å². The van der Waals surface area contributed by atoms with Crippen LogP contribution < -0.4 is 5.32 Å². The monoisotopic (exact) mass is 203 g/mol. The van der Waals surface area contributed by atoms with E-state index in [0.29, 0.717) is 12.1 Å². The Kier molecular flexibility index (Phi) is 5.83. The molecule has 2 unspecified atom stereocenters. The summed E-state index contributed by atoms with van der Waals surface area (Å²) in [6, 6.07) is 0.613. The summed E-state index contributed by atoms with van der Waals surface area (Å²) in [5.74, 6) is 2.45. The number of rotatable bonds is 6. The Morgan fingerprint density at radius 1 is 1.46 bits per heavy atom. The second-order valence-corrected chi connectivity index (χ2v) is 4.86. The Labute approximate surface area is 85.8 Å². The van der Waals surface area contributed by atoms with Crippen molar-refractivity contribution in [3.05, 3.63) is 0 Å². The van der Waals surface area contributed by atoms with Gasteiger partial charge in [0.05, 0.1) is 6.10 Å². The van der Waals surface area contributed by atoms with Crippen molar-refractivity contribution in [2.45, 2.75) is 38.3 Å². The first-order valence-electron chi connectivity index (χ1n) is 5.22. The number of nitrogens with one attached hydrogen (secondary N) is 1. The van der Waals surface area contributed by atoms with Crippen molar-refractivity contribution in [3.8, 4) is 0 Å². The third-order valence-corrected chi connectivity index (χ3v) is 3.51. The molecule has 0 aromatic heterocycles. The summed E-state index contributed by atoms with van der Waals surface area (Å²) in [5.41, 5.74) is 0. The molecule has 13 heavy (non-hydrogen) atoms. The van der Waals surface area contributed by atoms with Gasteiger partial charge in [0.25, 0.3) is 0 Å². The molecule has 0 saturated heterocycles. The lowest BCUT2D eigenvalue weighted by Gasteiger charge is -2.19. The van der Waals surface area contributed by atoms with Gasteiger partial charge in [-0.1, -0.05) is 6.92 Å². The van der Waals surface area contributed by atoms with Crippen LogP contribution in [0.5, 0.6) is 0 Å². The molecule has 2 atom stereocenters. The van der Waals surface area contributed by atoms with Gasteiger partial charge in [0.2, 0.25) is 0 Å². The molecule has 1 fully saturated rings. The Morgan fingerprint density at radius 3 is 3.00 bits per heavy atom. The predicted octanol–water partition coefficient (Wildman–Crippen LogP) is 1.90. The first kappa shape index (κ1) is 11.3. The fourth-order valence-corrected chi connectivity index (χ4v) is 2.45. The maximum Gasteiger partial charge on any atom is 0.0724 e. The molecular weight excluding hydrogens is 182 g/mol. The van der Waals surface area contributed by atoms with Crippen LogP contribution in [0.15, 0.2) is 0 Å². The molecule has 0 spiro atoms. The summed E-state index contributed by atoms with van der Waals surface area (Å²) in [6.45, 7) is 3.33. The molecule has 0 aromatic rings. The van der Waals surface area contributed by atoms with Crippen molar-refractivity contribution >= 4 is 11.8 Å². The molecule has 3 heteroatoms. The van der Waals surface area contributed by atoms with E-state index < -0.39 is 0 Å². The number of hydrogen-bond acceptors (Lipinski definition) is 3. The lowest BCUT2D eigenvalue weighted by atomic mass is 10.2. The highest BCUT2D eigenvalue weighted by Gasteiger charge is 2.25. The largest absolute Gasteiger partial charge is 0.380 e. The number of hydrogen-bond donors (Lipinski definition) is 1. The van der Waals surface area contributed by atoms with Crippen LogP contribution in [-0.4, -0.2) is 37.3 Å². The lowest BCUT2D eigenvalue weighted by Crippen LogP contribution is -2.37. The Balaban J connectivity index is 2.06. The molecule has 0 radical (unpaired) electrons. The average molecular weight is 203 g/mol. The van der Waals surface area contributed by atoms with Crippen molar-refractivity contribution in [1.29, 1.82) is 0 Å². The third-order valence-electron chi connectivity index (χ3n) is 2.61. The number of ether oxygens (including phenoxy) is 1. The maximum absolute atomic E-state index is 5.41. The lowest BCUT2D eigenvalue weighted by molar-refractivity contribution is 0.0859. The summed E-state index contributed by atoms with van der Waals surface area (Å²) in [5, 5.41) is 3.57. The molecular formula is C10H21NOS. The summed E-state index contributed by atoms with van der Waals surface area (Å²) in [7, 11) is 1.82. The van der Waals surface area contributed by atoms with Gasteiger partial charge in [0, 0.05) is 25.4 Å². The molecule has 2 nitrogen and oxygen atoms in total. The second-order valence-electron chi connectivity index (χ2n) is 3.46. The maximum atomic E-state index is 5.41. The van der Waals surface area contributed by atoms with E-state index in [1.807, 2.05) is 18.9 Å². The van der Waals surface area contributed by atoms with Crippen molar-refractivity contribution < 1.29 is 4.74 Å². The molecule has 1 saturated carbocycles. The van der Waals surface area contributed by atoms with Crippen LogP contribution in [0.4, 0.5) is 0 Å². The van der Waals surface area contributed by atoms with Crippen LogP contribution in [-0.2, 0) is 4.74 Å². The molecule has 1 rings (SSSR count). The van der Waals surface area contributed by atoms with Gasteiger partial charge in [-0.05, 0) is 25.0 Å². The number of thioether (sulfide) groups is 1. The summed E-state index contributed by atoms with van der Waals surface area (Å²) in [4.78, 5) is 0. The zero-order chi connectivity index (χ0) is 9.52. The standard InChI is InChI=1S/C10H21NOS/c1-3-13-8-7-11-9-5-4-6-10(9)12-2/h9-11H,3-8H2,1-2H3. The molecule has 1 aliphatic carbocycles. The fourth-order valence-electron chi connectivity index (χ4n) is 1.90. The van der Waals surface area contributed by atoms with E-state index in [2.05, 4.69) is 12.2 Å². The smallest absolute Gasteiger partial charge is 0.0724 e. The van der Waals surface area contributed by atoms with Gasteiger partial charge < -0.3 is 10.1 Å². The highest BCUT2D eigenvalue weighted by molar-refractivity contribution is 7.99. The van der Waals surface area contributed by atoms with Gasteiger partial charge in [-0.15, -0.1) is 0 Å². The molecule has 0 aliphatic heterocycles. The minimum atomic E-state index is 0.464. The molecule has 0 aromatic carbocycles. The third kappa shape index (κ3) is 3.88. The van der Waals surface area contributed by atoms with E-state index in [9.17, 15) is 0 Å². The van der Waals surface area contributed by atoms with E-state index in [1.54, 1.807) is 0 Å². The van der Waals surface area contributed by atoms with Gasteiger partial charge in [-0.25, -0.2) is 0 Å². The van der Waals surface area contributed by atoms with E-state index in [-0.39, 0.29) is 0 Å². The van der Waals surface area contributed by atoms with E-state index >= 15 is 0 Å². The van der Waals surface area contributed by atoms with Crippen molar-refractivity contribution in [2.24, 2.45) is 0 Å². The topological polar surface area (TPSA) is 21.3 Å². The summed E-state index contributed by atoms with van der Waals surface area (Å²) in [6.07, 6.45) is 4.30. The quantitative estimate of drug-likeness (QED) is 0.666. The second kappa shape index (κ2) is 6.68. The molecule has 0 bridgehead atoms. The Morgan fingerprint density at radius 2 is 2.31 bits per heavy atom. The van der Waals surface area contributed by atoms with Crippen LogP contribution in [0, 0.1) is 0 Å². The van der Waals surface area contributed by atoms with Crippen molar-refractivity contribution in [3.63, 3.8) is 0 Å². The SMILES string of the molecule is CCSCCNC1CCCC1OC. The Hall–Kier alpha value is 0.270. The molecule has 78 valence electrons. The molecule has 1 aliphatic rings. The van der Waals surface area contributed by atoms with Crippen LogP contribution in [0.25, 0.3) is 0 Å². The van der Waals surface area contributed by atoms with Gasteiger partial charge in [-0.3, -0.25) is 0 Å². The van der Waals surface area contributed by atoms with Gasteiger partial charge in [0.1, 0.15) is 0 Å². The van der Waals surface area contributed by atoms with Crippen LogP contribution >= 0.6 is 11.8 Å². The zero-order valence-electron chi connectivity index (χ0n) is 8.71. The van der Waals surface area contributed by atoms with Crippen LogP contribution in [0.3, 0.4) is 0 Å².